The molecule has 0 unspecified atom stereocenters. The van der Waals surface area contributed by atoms with Gasteiger partial charge in [0.2, 0.25) is 0 Å². The van der Waals surface area contributed by atoms with Crippen LogP contribution in [0.4, 0.5) is 0 Å². The lowest BCUT2D eigenvalue weighted by atomic mass is 10.1. The monoisotopic (exact) mass is 233 g/mol. The minimum absolute atomic E-state index is 0.108. The number of carbonyl (C=O) groups is 1. The van der Waals surface area contributed by atoms with E-state index in [1.54, 1.807) is 0 Å². The lowest BCUT2D eigenvalue weighted by Gasteiger charge is -2.31. The maximum Gasteiger partial charge on any atom is 0.253 e. The Morgan fingerprint density at radius 3 is 2.41 bits per heavy atom. The van der Waals surface area contributed by atoms with E-state index in [1.807, 2.05) is 43.1 Å². The van der Waals surface area contributed by atoms with Crippen LogP contribution >= 0.6 is 0 Å². The fraction of sp³-hybridized carbons (Fsp3) is 0.500. The molecule has 1 aromatic carbocycles. The van der Waals surface area contributed by atoms with Crippen molar-refractivity contribution >= 4 is 5.91 Å². The quantitative estimate of drug-likeness (QED) is 0.784. The van der Waals surface area contributed by atoms with Gasteiger partial charge in [0, 0.05) is 31.9 Å². The third-order valence-corrected chi connectivity index (χ3v) is 3.36. The van der Waals surface area contributed by atoms with Crippen LogP contribution in [0.25, 0.3) is 0 Å². The third-order valence-electron chi connectivity index (χ3n) is 3.36. The van der Waals surface area contributed by atoms with Crippen molar-refractivity contribution in [1.82, 2.24) is 4.90 Å². The maximum absolute atomic E-state index is 12.2. The fourth-order valence-electron chi connectivity index (χ4n) is 2.14. The molecule has 0 aromatic heterocycles. The van der Waals surface area contributed by atoms with E-state index in [9.17, 15) is 4.79 Å². The first-order chi connectivity index (χ1) is 8.18. The van der Waals surface area contributed by atoms with Gasteiger partial charge in [-0.15, -0.1) is 0 Å². The first kappa shape index (κ1) is 12.1. The second-order valence-electron chi connectivity index (χ2n) is 4.63. The van der Waals surface area contributed by atoms with Crippen LogP contribution in [0.15, 0.2) is 24.3 Å². The number of carbonyl (C=O) groups excluding carboxylic acids is 1. The summed E-state index contributed by atoms with van der Waals surface area (Å²) in [5, 5.41) is 0. The van der Waals surface area contributed by atoms with Crippen LogP contribution in [0, 0.1) is 6.92 Å². The Hall–Kier alpha value is -1.35. The molecule has 0 aliphatic carbocycles. The highest BCUT2D eigenvalue weighted by Crippen LogP contribution is 2.16. The van der Waals surface area contributed by atoms with Gasteiger partial charge in [0.25, 0.3) is 5.91 Å². The number of rotatable bonds is 2. The molecule has 3 heteroatoms. The highest BCUT2D eigenvalue weighted by Gasteiger charge is 2.23. The Morgan fingerprint density at radius 1 is 1.24 bits per heavy atom. The van der Waals surface area contributed by atoms with Crippen LogP contribution in [0.2, 0.25) is 0 Å². The van der Waals surface area contributed by atoms with Crippen molar-refractivity contribution in [3.05, 3.63) is 35.4 Å². The molecule has 1 aliphatic heterocycles. The standard InChI is InChI=1S/C14H19NO2/c1-11-3-5-12(6-4-11)14(16)15(2)13-7-9-17-10-8-13/h3-6,13H,7-10H2,1-2H3. The van der Waals surface area contributed by atoms with E-state index < -0.39 is 0 Å². The van der Waals surface area contributed by atoms with Gasteiger partial charge in [0.15, 0.2) is 0 Å². The SMILES string of the molecule is Cc1ccc(C(=O)N(C)C2CCOCC2)cc1. The summed E-state index contributed by atoms with van der Waals surface area (Å²) >= 11 is 0. The molecule has 0 spiro atoms. The normalized spacial score (nSPS) is 16.8. The molecule has 0 atom stereocenters. The van der Waals surface area contributed by atoms with E-state index in [0.29, 0.717) is 6.04 Å². The Bertz CT molecular complexity index is 380. The van der Waals surface area contributed by atoms with Gasteiger partial charge in [-0.25, -0.2) is 0 Å². The van der Waals surface area contributed by atoms with Crippen molar-refractivity contribution in [2.24, 2.45) is 0 Å². The van der Waals surface area contributed by atoms with Gasteiger partial charge in [-0.2, -0.15) is 0 Å². The van der Waals surface area contributed by atoms with Crippen molar-refractivity contribution in [1.29, 1.82) is 0 Å². The van der Waals surface area contributed by atoms with Crippen LogP contribution in [0.1, 0.15) is 28.8 Å². The van der Waals surface area contributed by atoms with Gasteiger partial charge >= 0.3 is 0 Å². The van der Waals surface area contributed by atoms with E-state index in [0.717, 1.165) is 31.6 Å². The number of amides is 1. The van der Waals surface area contributed by atoms with Gasteiger partial charge in [-0.05, 0) is 31.9 Å². The summed E-state index contributed by atoms with van der Waals surface area (Å²) in [6, 6.07) is 8.06. The molecule has 1 aromatic rings. The molecular weight excluding hydrogens is 214 g/mol. The molecule has 92 valence electrons. The average molecular weight is 233 g/mol. The second kappa shape index (κ2) is 5.32. The summed E-state index contributed by atoms with van der Waals surface area (Å²) in [6.07, 6.45) is 1.88. The summed E-state index contributed by atoms with van der Waals surface area (Å²) in [4.78, 5) is 14.1. The zero-order valence-corrected chi connectivity index (χ0v) is 10.5. The summed E-state index contributed by atoms with van der Waals surface area (Å²) in [5.74, 6) is 0.108. The van der Waals surface area contributed by atoms with Crippen molar-refractivity contribution in [2.75, 3.05) is 20.3 Å². The first-order valence-electron chi connectivity index (χ1n) is 6.10. The van der Waals surface area contributed by atoms with E-state index in [2.05, 4.69) is 0 Å². The van der Waals surface area contributed by atoms with Crippen LogP contribution in [-0.2, 0) is 4.74 Å². The Balaban J connectivity index is 2.05. The van der Waals surface area contributed by atoms with Crippen LogP contribution in [0.3, 0.4) is 0 Å². The molecule has 0 N–H and O–H groups in total. The van der Waals surface area contributed by atoms with Crippen molar-refractivity contribution in [3.63, 3.8) is 0 Å². The number of benzene rings is 1. The number of hydrogen-bond acceptors (Lipinski definition) is 2. The largest absolute Gasteiger partial charge is 0.381 e. The molecule has 2 rings (SSSR count). The predicted molar refractivity (Wildman–Crippen MR) is 67.1 cm³/mol. The summed E-state index contributed by atoms with van der Waals surface area (Å²) in [6.45, 7) is 3.54. The average Bonchev–Trinajstić information content (AvgIpc) is 2.39. The van der Waals surface area contributed by atoms with Crippen LogP contribution in [-0.4, -0.2) is 37.1 Å². The van der Waals surface area contributed by atoms with E-state index in [-0.39, 0.29) is 5.91 Å². The maximum atomic E-state index is 12.2. The topological polar surface area (TPSA) is 29.5 Å². The molecule has 1 saturated heterocycles. The highest BCUT2D eigenvalue weighted by molar-refractivity contribution is 5.94. The molecular formula is C14H19NO2. The molecule has 1 fully saturated rings. The summed E-state index contributed by atoms with van der Waals surface area (Å²) in [5.41, 5.74) is 1.94. The Kier molecular flexibility index (Phi) is 3.79. The zero-order valence-electron chi connectivity index (χ0n) is 10.5. The fourth-order valence-corrected chi connectivity index (χ4v) is 2.14. The minimum Gasteiger partial charge on any atom is -0.381 e. The van der Waals surface area contributed by atoms with Crippen LogP contribution < -0.4 is 0 Å². The van der Waals surface area contributed by atoms with Crippen LogP contribution in [0.5, 0.6) is 0 Å². The van der Waals surface area contributed by atoms with E-state index in [4.69, 9.17) is 4.74 Å². The van der Waals surface area contributed by atoms with Crippen molar-refractivity contribution < 1.29 is 9.53 Å². The highest BCUT2D eigenvalue weighted by atomic mass is 16.5. The number of aryl methyl sites for hydroxylation is 1. The first-order valence-corrected chi connectivity index (χ1v) is 6.10. The van der Waals surface area contributed by atoms with Gasteiger partial charge in [-0.3, -0.25) is 4.79 Å². The lowest BCUT2D eigenvalue weighted by molar-refractivity contribution is 0.0362. The predicted octanol–water partition coefficient (Wildman–Crippen LogP) is 2.25. The van der Waals surface area contributed by atoms with Gasteiger partial charge in [0.1, 0.15) is 0 Å². The summed E-state index contributed by atoms with van der Waals surface area (Å²) in [7, 11) is 1.89. The number of nitrogens with zero attached hydrogens (tertiary/aromatic N) is 1. The van der Waals surface area contributed by atoms with E-state index in [1.165, 1.54) is 5.56 Å². The summed E-state index contributed by atoms with van der Waals surface area (Å²) < 4.78 is 5.31. The van der Waals surface area contributed by atoms with Crippen molar-refractivity contribution in [3.8, 4) is 0 Å². The van der Waals surface area contributed by atoms with Gasteiger partial charge in [0.05, 0.1) is 0 Å². The molecule has 0 radical (unpaired) electrons. The zero-order chi connectivity index (χ0) is 12.3. The lowest BCUT2D eigenvalue weighted by Crippen LogP contribution is -2.40. The molecule has 17 heavy (non-hydrogen) atoms. The van der Waals surface area contributed by atoms with Crippen molar-refractivity contribution in [2.45, 2.75) is 25.8 Å². The molecule has 3 nitrogen and oxygen atoms in total. The Labute approximate surface area is 102 Å². The molecule has 0 saturated carbocycles. The van der Waals surface area contributed by atoms with E-state index >= 15 is 0 Å². The number of ether oxygens (including phenoxy) is 1. The van der Waals surface area contributed by atoms with Gasteiger partial charge in [-0.1, -0.05) is 17.7 Å². The molecule has 1 amide bonds. The van der Waals surface area contributed by atoms with Gasteiger partial charge < -0.3 is 9.64 Å². The Morgan fingerprint density at radius 2 is 1.82 bits per heavy atom. The third kappa shape index (κ3) is 2.86. The smallest absolute Gasteiger partial charge is 0.253 e. The second-order valence-corrected chi connectivity index (χ2v) is 4.63. The molecule has 1 aliphatic rings. The number of hydrogen-bond donors (Lipinski definition) is 0. The minimum atomic E-state index is 0.108. The molecule has 1 heterocycles. The molecule has 0 bridgehead atoms.